The second kappa shape index (κ2) is 7.59. The molecular weight excluding hydrogens is 282 g/mol. The topological polar surface area (TPSA) is 78.5 Å². The molecule has 1 fully saturated rings. The third-order valence-electron chi connectivity index (χ3n) is 3.71. The molecule has 0 radical (unpaired) electrons. The van der Waals surface area contributed by atoms with Crippen LogP contribution in [0.1, 0.15) is 23.7 Å². The Morgan fingerprint density at radius 3 is 2.50 bits per heavy atom. The molecule has 1 atom stereocenters. The first-order valence-corrected chi connectivity index (χ1v) is 7.50. The number of hydrogen-bond acceptors (Lipinski definition) is 3. The van der Waals surface area contributed by atoms with E-state index in [-0.39, 0.29) is 30.1 Å². The van der Waals surface area contributed by atoms with E-state index in [2.05, 4.69) is 10.6 Å². The van der Waals surface area contributed by atoms with Crippen molar-refractivity contribution in [3.05, 3.63) is 35.9 Å². The Balaban J connectivity index is 1.68. The molecule has 0 bridgehead atoms. The molecule has 2 rings (SSSR count). The lowest BCUT2D eigenvalue weighted by Gasteiger charge is -2.13. The van der Waals surface area contributed by atoms with Gasteiger partial charge in [0.2, 0.25) is 11.8 Å². The fraction of sp³-hybridized carbons (Fsp3) is 0.438. The quantitative estimate of drug-likeness (QED) is 0.747. The molecule has 118 valence electrons. The van der Waals surface area contributed by atoms with Crippen molar-refractivity contribution in [2.75, 3.05) is 26.2 Å². The van der Waals surface area contributed by atoms with Crippen molar-refractivity contribution in [3.63, 3.8) is 0 Å². The highest BCUT2D eigenvalue weighted by Gasteiger charge is 2.32. The molecule has 0 aromatic heterocycles. The van der Waals surface area contributed by atoms with Gasteiger partial charge in [-0.2, -0.15) is 0 Å². The molecular formula is C16H21N3O3. The molecule has 6 heteroatoms. The molecule has 22 heavy (non-hydrogen) atoms. The molecule has 0 unspecified atom stereocenters. The predicted octanol–water partition coefficient (Wildman–Crippen LogP) is 0.401. The Morgan fingerprint density at radius 1 is 1.18 bits per heavy atom. The molecule has 1 aliphatic rings. The average molecular weight is 303 g/mol. The fourth-order valence-corrected chi connectivity index (χ4v) is 2.45. The van der Waals surface area contributed by atoms with Gasteiger partial charge in [-0.15, -0.1) is 0 Å². The monoisotopic (exact) mass is 303 g/mol. The zero-order valence-electron chi connectivity index (χ0n) is 12.7. The lowest BCUT2D eigenvalue weighted by atomic mass is 10.1. The van der Waals surface area contributed by atoms with Crippen molar-refractivity contribution in [3.8, 4) is 0 Å². The third-order valence-corrected chi connectivity index (χ3v) is 3.71. The SMILES string of the molecule is CCN1C[C@@H](C(=O)NCCNC(=O)c2ccccc2)CC1=O. The number of likely N-dealkylation sites (tertiary alicyclic amines) is 1. The van der Waals surface area contributed by atoms with Crippen LogP contribution in [-0.4, -0.2) is 48.8 Å². The summed E-state index contributed by atoms with van der Waals surface area (Å²) in [6.45, 7) is 3.73. The summed E-state index contributed by atoms with van der Waals surface area (Å²) in [5.74, 6) is -0.543. The van der Waals surface area contributed by atoms with Crippen LogP contribution in [0.5, 0.6) is 0 Å². The van der Waals surface area contributed by atoms with Crippen molar-refractivity contribution in [2.24, 2.45) is 5.92 Å². The number of nitrogens with zero attached hydrogens (tertiary/aromatic N) is 1. The minimum absolute atomic E-state index is 0.0278. The Kier molecular flexibility index (Phi) is 5.52. The summed E-state index contributed by atoms with van der Waals surface area (Å²) in [4.78, 5) is 37.0. The summed E-state index contributed by atoms with van der Waals surface area (Å²) in [6.07, 6.45) is 0.274. The van der Waals surface area contributed by atoms with E-state index >= 15 is 0 Å². The number of rotatable bonds is 6. The van der Waals surface area contributed by atoms with Crippen molar-refractivity contribution in [1.82, 2.24) is 15.5 Å². The maximum atomic E-state index is 12.0. The van der Waals surface area contributed by atoms with E-state index in [1.54, 1.807) is 29.2 Å². The number of carbonyl (C=O) groups is 3. The van der Waals surface area contributed by atoms with Crippen LogP contribution in [0.4, 0.5) is 0 Å². The summed E-state index contributed by atoms with van der Waals surface area (Å²) in [5, 5.41) is 5.51. The van der Waals surface area contributed by atoms with E-state index < -0.39 is 0 Å². The highest BCUT2D eigenvalue weighted by molar-refractivity contribution is 5.94. The summed E-state index contributed by atoms with van der Waals surface area (Å²) in [7, 11) is 0. The van der Waals surface area contributed by atoms with E-state index in [0.29, 0.717) is 31.7 Å². The number of nitrogens with one attached hydrogen (secondary N) is 2. The molecule has 6 nitrogen and oxygen atoms in total. The van der Waals surface area contributed by atoms with Crippen LogP contribution in [0, 0.1) is 5.92 Å². The Bertz CT molecular complexity index is 545. The van der Waals surface area contributed by atoms with Crippen molar-refractivity contribution in [2.45, 2.75) is 13.3 Å². The van der Waals surface area contributed by atoms with Gasteiger partial charge >= 0.3 is 0 Å². The third kappa shape index (κ3) is 4.07. The van der Waals surface area contributed by atoms with E-state index in [1.165, 1.54) is 0 Å². The largest absolute Gasteiger partial charge is 0.354 e. The molecule has 1 saturated heterocycles. The van der Waals surface area contributed by atoms with Gasteiger partial charge in [-0.3, -0.25) is 14.4 Å². The summed E-state index contributed by atoms with van der Waals surface area (Å²) < 4.78 is 0. The van der Waals surface area contributed by atoms with Gasteiger partial charge in [0.05, 0.1) is 5.92 Å². The Labute approximate surface area is 129 Å². The number of carbonyl (C=O) groups excluding carboxylic acids is 3. The van der Waals surface area contributed by atoms with Gasteiger partial charge in [0.1, 0.15) is 0 Å². The van der Waals surface area contributed by atoms with Gasteiger partial charge in [0.25, 0.3) is 5.91 Å². The standard InChI is InChI=1S/C16H21N3O3/c1-2-19-11-13(10-14(19)20)16(22)18-9-8-17-15(21)12-6-4-3-5-7-12/h3-7,13H,2,8-11H2,1H3,(H,17,21)(H,18,22)/t13-/m0/s1. The van der Waals surface area contributed by atoms with Crippen molar-refractivity contribution in [1.29, 1.82) is 0 Å². The van der Waals surface area contributed by atoms with Gasteiger partial charge in [-0.1, -0.05) is 18.2 Å². The molecule has 1 aromatic rings. The van der Waals surface area contributed by atoms with Gasteiger partial charge in [0, 0.05) is 38.2 Å². The second-order valence-electron chi connectivity index (χ2n) is 5.25. The predicted molar refractivity (Wildman–Crippen MR) is 82.1 cm³/mol. The summed E-state index contributed by atoms with van der Waals surface area (Å²) >= 11 is 0. The van der Waals surface area contributed by atoms with Crippen LogP contribution in [0.25, 0.3) is 0 Å². The Morgan fingerprint density at radius 2 is 1.86 bits per heavy atom. The molecule has 0 spiro atoms. The highest BCUT2D eigenvalue weighted by atomic mass is 16.2. The van der Waals surface area contributed by atoms with Crippen LogP contribution in [0.3, 0.4) is 0 Å². The number of hydrogen-bond donors (Lipinski definition) is 2. The van der Waals surface area contributed by atoms with Crippen LogP contribution < -0.4 is 10.6 Å². The molecule has 1 aliphatic heterocycles. The number of amides is 3. The lowest BCUT2D eigenvalue weighted by molar-refractivity contribution is -0.128. The van der Waals surface area contributed by atoms with Gasteiger partial charge in [-0.05, 0) is 19.1 Å². The second-order valence-corrected chi connectivity index (χ2v) is 5.25. The van der Waals surface area contributed by atoms with Crippen LogP contribution in [0.15, 0.2) is 30.3 Å². The Hall–Kier alpha value is -2.37. The molecule has 0 aliphatic carbocycles. The van der Waals surface area contributed by atoms with Gasteiger partial charge < -0.3 is 15.5 Å². The zero-order valence-corrected chi connectivity index (χ0v) is 12.7. The molecule has 0 saturated carbocycles. The van der Waals surface area contributed by atoms with Crippen molar-refractivity contribution < 1.29 is 14.4 Å². The summed E-state index contributed by atoms with van der Waals surface area (Å²) in [5.41, 5.74) is 0.591. The van der Waals surface area contributed by atoms with E-state index in [9.17, 15) is 14.4 Å². The van der Waals surface area contributed by atoms with E-state index in [1.807, 2.05) is 13.0 Å². The molecule has 1 aromatic carbocycles. The molecule has 3 amide bonds. The zero-order chi connectivity index (χ0) is 15.9. The number of benzene rings is 1. The van der Waals surface area contributed by atoms with Crippen LogP contribution in [0.2, 0.25) is 0 Å². The first-order chi connectivity index (χ1) is 10.6. The maximum Gasteiger partial charge on any atom is 0.251 e. The van der Waals surface area contributed by atoms with E-state index in [0.717, 1.165) is 0 Å². The minimum Gasteiger partial charge on any atom is -0.354 e. The molecule has 1 heterocycles. The van der Waals surface area contributed by atoms with Crippen LogP contribution in [-0.2, 0) is 9.59 Å². The minimum atomic E-state index is -0.280. The lowest BCUT2D eigenvalue weighted by Crippen LogP contribution is -2.38. The highest BCUT2D eigenvalue weighted by Crippen LogP contribution is 2.17. The normalized spacial score (nSPS) is 17.4. The van der Waals surface area contributed by atoms with Gasteiger partial charge in [0.15, 0.2) is 0 Å². The van der Waals surface area contributed by atoms with E-state index in [4.69, 9.17) is 0 Å². The summed E-state index contributed by atoms with van der Waals surface area (Å²) in [6, 6.07) is 8.91. The van der Waals surface area contributed by atoms with Crippen molar-refractivity contribution >= 4 is 17.7 Å². The average Bonchev–Trinajstić information content (AvgIpc) is 2.93. The smallest absolute Gasteiger partial charge is 0.251 e. The molecule has 2 N–H and O–H groups in total. The van der Waals surface area contributed by atoms with Crippen LogP contribution >= 0.6 is 0 Å². The fourth-order valence-electron chi connectivity index (χ4n) is 2.45. The first-order valence-electron chi connectivity index (χ1n) is 7.50. The first kappa shape index (κ1) is 16.0. The maximum absolute atomic E-state index is 12.0. The van der Waals surface area contributed by atoms with Gasteiger partial charge in [-0.25, -0.2) is 0 Å².